The average molecular weight is 344 g/mol. The second-order valence-corrected chi connectivity index (χ2v) is 4.13. The van der Waals surface area contributed by atoms with Gasteiger partial charge < -0.3 is 10.6 Å². The molecule has 88 valence electrons. The van der Waals surface area contributed by atoms with E-state index in [1.54, 1.807) is 0 Å². The number of rotatable bonds is 2. The van der Waals surface area contributed by atoms with Crippen molar-refractivity contribution in [1.82, 2.24) is 4.90 Å². The van der Waals surface area contributed by atoms with E-state index >= 15 is 0 Å². The van der Waals surface area contributed by atoms with Crippen molar-refractivity contribution >= 4 is 41.5 Å². The Kier molecular flexibility index (Phi) is 8.23. The summed E-state index contributed by atoms with van der Waals surface area (Å²) in [5.41, 5.74) is 5.84. The van der Waals surface area contributed by atoms with E-state index in [4.69, 9.17) is 17.3 Å². The van der Waals surface area contributed by atoms with E-state index in [0.29, 0.717) is 17.5 Å². The van der Waals surface area contributed by atoms with Crippen LogP contribution in [0, 0.1) is 0 Å². The van der Waals surface area contributed by atoms with Gasteiger partial charge in [0.15, 0.2) is 5.96 Å². The first-order chi connectivity index (χ1) is 6.70. The molecule has 0 aromatic heterocycles. The van der Waals surface area contributed by atoms with Gasteiger partial charge in [-0.05, 0) is 12.8 Å². The number of likely N-dealkylation sites (tertiary alicyclic amines) is 1. The molecule has 0 saturated carbocycles. The number of hydrogen-bond donors (Lipinski definition) is 1. The largest absolute Gasteiger partial charge is 0.370 e. The van der Waals surface area contributed by atoms with E-state index in [1.165, 1.54) is 25.7 Å². The molecular weight excluding hydrogens is 324 g/mol. The van der Waals surface area contributed by atoms with Gasteiger partial charge in [0.25, 0.3) is 0 Å². The lowest BCUT2D eigenvalue weighted by Crippen LogP contribution is -2.38. The first kappa shape index (κ1) is 15.0. The van der Waals surface area contributed by atoms with Crippen LogP contribution < -0.4 is 5.73 Å². The zero-order valence-electron chi connectivity index (χ0n) is 8.91. The minimum Gasteiger partial charge on any atom is -0.370 e. The van der Waals surface area contributed by atoms with Crippen LogP contribution in [-0.2, 0) is 0 Å². The summed E-state index contributed by atoms with van der Waals surface area (Å²) in [5.74, 6) is 0.605. The Balaban J connectivity index is 0.00000196. The lowest BCUT2D eigenvalue weighted by Gasteiger charge is -2.20. The van der Waals surface area contributed by atoms with Gasteiger partial charge in [-0.15, -0.1) is 24.0 Å². The molecule has 1 aliphatic rings. The summed E-state index contributed by atoms with van der Waals surface area (Å²) in [6.07, 6.45) is 5.01. The Morgan fingerprint density at radius 2 is 1.80 bits per heavy atom. The summed E-state index contributed by atoms with van der Waals surface area (Å²) in [7, 11) is 0. The normalized spacial score (nSPS) is 17.9. The summed E-state index contributed by atoms with van der Waals surface area (Å²) in [4.78, 5) is 6.31. The lowest BCUT2D eigenvalue weighted by atomic mass is 10.2. The molecule has 1 rings (SSSR count). The van der Waals surface area contributed by atoms with Crippen molar-refractivity contribution < 1.29 is 0 Å². The second-order valence-electron chi connectivity index (χ2n) is 3.59. The van der Waals surface area contributed by atoms with Crippen LogP contribution in [-0.4, -0.2) is 30.5 Å². The van der Waals surface area contributed by atoms with E-state index < -0.39 is 0 Å². The maximum absolute atomic E-state index is 5.84. The van der Waals surface area contributed by atoms with Crippen LogP contribution in [0.1, 0.15) is 25.7 Å². The highest BCUT2D eigenvalue weighted by molar-refractivity contribution is 14.0. The summed E-state index contributed by atoms with van der Waals surface area (Å²) in [6.45, 7) is 6.03. The van der Waals surface area contributed by atoms with Gasteiger partial charge >= 0.3 is 0 Å². The van der Waals surface area contributed by atoms with E-state index in [2.05, 4.69) is 16.5 Å². The number of aliphatic imine (C=N–C) groups is 1. The number of guanidine groups is 1. The van der Waals surface area contributed by atoms with Crippen molar-refractivity contribution in [2.75, 3.05) is 19.6 Å². The molecule has 0 amide bonds. The molecule has 1 saturated heterocycles. The minimum atomic E-state index is 0. The van der Waals surface area contributed by atoms with Crippen LogP contribution >= 0.6 is 35.6 Å². The number of nitrogens with zero attached hydrogens (tertiary/aromatic N) is 2. The molecule has 3 nitrogen and oxygen atoms in total. The summed E-state index contributed by atoms with van der Waals surface area (Å²) in [6, 6.07) is 0. The fourth-order valence-electron chi connectivity index (χ4n) is 1.57. The summed E-state index contributed by atoms with van der Waals surface area (Å²) < 4.78 is 0. The highest BCUT2D eigenvalue weighted by atomic mass is 127. The molecule has 0 spiro atoms. The standard InChI is InChI=1S/C10H18ClN3.HI/c1-9(11)8-13-10(12)14-6-4-2-3-5-7-14;/h1-8H2,(H2,12,13);1H. The molecule has 0 aromatic carbocycles. The van der Waals surface area contributed by atoms with Crippen LogP contribution in [0.2, 0.25) is 0 Å². The number of nitrogens with two attached hydrogens (primary N) is 1. The van der Waals surface area contributed by atoms with Crippen molar-refractivity contribution in [3.8, 4) is 0 Å². The van der Waals surface area contributed by atoms with Crippen LogP contribution in [0.4, 0.5) is 0 Å². The molecule has 0 atom stereocenters. The van der Waals surface area contributed by atoms with Crippen molar-refractivity contribution in [3.63, 3.8) is 0 Å². The van der Waals surface area contributed by atoms with E-state index in [0.717, 1.165) is 13.1 Å². The van der Waals surface area contributed by atoms with Gasteiger partial charge in [-0.3, -0.25) is 0 Å². The predicted molar refractivity (Wildman–Crippen MR) is 76.9 cm³/mol. The fraction of sp³-hybridized carbons (Fsp3) is 0.700. The molecule has 15 heavy (non-hydrogen) atoms. The Bertz CT molecular complexity index is 223. The quantitative estimate of drug-likeness (QED) is 0.475. The van der Waals surface area contributed by atoms with Crippen molar-refractivity contribution in [1.29, 1.82) is 0 Å². The van der Waals surface area contributed by atoms with Gasteiger partial charge in [-0.2, -0.15) is 0 Å². The molecule has 2 N–H and O–H groups in total. The number of halogens is 2. The molecule has 1 aliphatic heterocycles. The molecule has 5 heteroatoms. The Morgan fingerprint density at radius 1 is 1.27 bits per heavy atom. The molecular formula is C10H19ClIN3. The van der Waals surface area contributed by atoms with Gasteiger partial charge in [-0.25, -0.2) is 4.99 Å². The maximum atomic E-state index is 5.84. The third-order valence-electron chi connectivity index (χ3n) is 2.34. The summed E-state index contributed by atoms with van der Waals surface area (Å²) >= 11 is 5.62. The Morgan fingerprint density at radius 3 is 2.27 bits per heavy atom. The van der Waals surface area contributed by atoms with E-state index in [1.807, 2.05) is 0 Å². The Hall–Kier alpha value is 0.0300. The monoisotopic (exact) mass is 343 g/mol. The third-order valence-corrected chi connectivity index (χ3v) is 2.46. The number of hydrogen-bond acceptors (Lipinski definition) is 1. The van der Waals surface area contributed by atoms with Gasteiger partial charge in [0, 0.05) is 18.1 Å². The first-order valence-corrected chi connectivity index (χ1v) is 5.46. The predicted octanol–water partition coefficient (Wildman–Crippen LogP) is 2.55. The average Bonchev–Trinajstić information content (AvgIpc) is 2.42. The van der Waals surface area contributed by atoms with Crippen molar-refractivity contribution in [2.45, 2.75) is 25.7 Å². The fourth-order valence-corrected chi connectivity index (χ4v) is 1.63. The zero-order chi connectivity index (χ0) is 10.4. The second kappa shape index (κ2) is 8.21. The minimum absolute atomic E-state index is 0. The molecule has 0 bridgehead atoms. The Labute approximate surface area is 114 Å². The molecule has 0 aromatic rings. The van der Waals surface area contributed by atoms with Gasteiger partial charge in [-0.1, -0.05) is 31.0 Å². The van der Waals surface area contributed by atoms with Gasteiger partial charge in [0.2, 0.25) is 0 Å². The van der Waals surface area contributed by atoms with Crippen LogP contribution in [0.5, 0.6) is 0 Å². The van der Waals surface area contributed by atoms with Crippen molar-refractivity contribution in [2.24, 2.45) is 10.7 Å². The van der Waals surface area contributed by atoms with Gasteiger partial charge in [0.05, 0.1) is 6.54 Å². The summed E-state index contributed by atoms with van der Waals surface area (Å²) in [5, 5.41) is 0.530. The smallest absolute Gasteiger partial charge is 0.191 e. The highest BCUT2D eigenvalue weighted by Crippen LogP contribution is 2.09. The van der Waals surface area contributed by atoms with E-state index in [-0.39, 0.29) is 24.0 Å². The lowest BCUT2D eigenvalue weighted by molar-refractivity contribution is 0.429. The van der Waals surface area contributed by atoms with Crippen LogP contribution in [0.15, 0.2) is 16.6 Å². The molecule has 1 fully saturated rings. The molecule has 0 aliphatic carbocycles. The highest BCUT2D eigenvalue weighted by Gasteiger charge is 2.10. The van der Waals surface area contributed by atoms with Crippen molar-refractivity contribution in [3.05, 3.63) is 11.6 Å². The van der Waals surface area contributed by atoms with Crippen LogP contribution in [0.25, 0.3) is 0 Å². The van der Waals surface area contributed by atoms with Crippen LogP contribution in [0.3, 0.4) is 0 Å². The maximum Gasteiger partial charge on any atom is 0.191 e. The SMILES string of the molecule is C=C(Cl)CN=C(N)N1CCCCCC1.I. The van der Waals surface area contributed by atoms with Gasteiger partial charge in [0.1, 0.15) is 0 Å². The third kappa shape index (κ3) is 6.25. The molecule has 1 heterocycles. The zero-order valence-corrected chi connectivity index (χ0v) is 12.0. The first-order valence-electron chi connectivity index (χ1n) is 5.08. The molecule has 0 unspecified atom stereocenters. The molecule has 0 radical (unpaired) electrons. The topological polar surface area (TPSA) is 41.6 Å². The van der Waals surface area contributed by atoms with E-state index in [9.17, 15) is 0 Å².